The SMILES string of the molecule is CNC(=O)NC(=O)CN1CC[C@H](C)Sc2ccc(C(F)(F)F)cc21. The molecule has 0 radical (unpaired) electrons. The first-order valence-electron chi connectivity index (χ1n) is 7.35. The van der Waals surface area contributed by atoms with E-state index in [0.717, 1.165) is 12.1 Å². The van der Waals surface area contributed by atoms with E-state index in [4.69, 9.17) is 0 Å². The summed E-state index contributed by atoms with van der Waals surface area (Å²) in [6.45, 7) is 2.23. The number of carbonyl (C=O) groups is 2. The van der Waals surface area contributed by atoms with E-state index < -0.39 is 23.7 Å². The van der Waals surface area contributed by atoms with Gasteiger partial charge >= 0.3 is 12.2 Å². The highest BCUT2D eigenvalue weighted by Gasteiger charge is 2.32. The molecule has 9 heteroatoms. The second kappa shape index (κ2) is 7.33. The van der Waals surface area contributed by atoms with Gasteiger partial charge in [0.2, 0.25) is 5.91 Å². The normalized spacial score (nSPS) is 17.7. The van der Waals surface area contributed by atoms with E-state index in [-0.39, 0.29) is 11.8 Å². The zero-order chi connectivity index (χ0) is 17.9. The number of hydrogen-bond donors (Lipinski definition) is 2. The topological polar surface area (TPSA) is 61.4 Å². The van der Waals surface area contributed by atoms with Crippen molar-refractivity contribution >= 4 is 29.4 Å². The van der Waals surface area contributed by atoms with Crippen molar-refractivity contribution in [2.24, 2.45) is 0 Å². The fourth-order valence-electron chi connectivity index (χ4n) is 2.34. The highest BCUT2D eigenvalue weighted by Crippen LogP contribution is 2.41. The fraction of sp³-hybridized carbons (Fsp3) is 0.467. The zero-order valence-electron chi connectivity index (χ0n) is 13.2. The zero-order valence-corrected chi connectivity index (χ0v) is 14.1. The van der Waals surface area contributed by atoms with Gasteiger partial charge in [0.25, 0.3) is 0 Å². The molecule has 3 amide bonds. The summed E-state index contributed by atoms with van der Waals surface area (Å²) in [4.78, 5) is 25.4. The van der Waals surface area contributed by atoms with Gasteiger partial charge in [0.05, 0.1) is 17.8 Å². The molecule has 24 heavy (non-hydrogen) atoms. The third-order valence-corrected chi connectivity index (χ3v) is 4.81. The highest BCUT2D eigenvalue weighted by atomic mass is 32.2. The summed E-state index contributed by atoms with van der Waals surface area (Å²) in [6, 6.07) is 2.90. The number of halogens is 3. The molecule has 5 nitrogen and oxygen atoms in total. The number of thioether (sulfide) groups is 1. The maximum absolute atomic E-state index is 13.0. The molecule has 132 valence electrons. The number of alkyl halides is 3. The van der Waals surface area contributed by atoms with Crippen molar-refractivity contribution in [3.63, 3.8) is 0 Å². The maximum Gasteiger partial charge on any atom is 0.416 e. The van der Waals surface area contributed by atoms with Gasteiger partial charge in [-0.2, -0.15) is 13.2 Å². The number of nitrogens with zero attached hydrogens (tertiary/aromatic N) is 1. The number of benzene rings is 1. The molecule has 1 atom stereocenters. The van der Waals surface area contributed by atoms with E-state index in [1.165, 1.54) is 24.9 Å². The van der Waals surface area contributed by atoms with Crippen LogP contribution in [0.5, 0.6) is 0 Å². The molecule has 0 saturated carbocycles. The number of hydrogen-bond acceptors (Lipinski definition) is 4. The Labute approximate surface area is 142 Å². The average molecular weight is 361 g/mol. The van der Waals surface area contributed by atoms with Crippen molar-refractivity contribution in [3.8, 4) is 0 Å². The van der Waals surface area contributed by atoms with Crippen LogP contribution in [0.15, 0.2) is 23.1 Å². The summed E-state index contributed by atoms with van der Waals surface area (Å²) in [5.74, 6) is -0.572. The van der Waals surface area contributed by atoms with Crippen molar-refractivity contribution in [2.75, 3.05) is 25.0 Å². The number of amides is 3. The first-order chi connectivity index (χ1) is 11.2. The molecule has 1 aliphatic rings. The number of carbonyl (C=O) groups excluding carboxylic acids is 2. The van der Waals surface area contributed by atoms with Crippen LogP contribution in [0.3, 0.4) is 0 Å². The maximum atomic E-state index is 13.0. The van der Waals surface area contributed by atoms with E-state index >= 15 is 0 Å². The van der Waals surface area contributed by atoms with Gasteiger partial charge in [-0.1, -0.05) is 6.92 Å². The smallest absolute Gasteiger partial charge is 0.361 e. The van der Waals surface area contributed by atoms with E-state index in [1.54, 1.807) is 4.90 Å². The number of urea groups is 1. The van der Waals surface area contributed by atoms with Crippen molar-refractivity contribution in [1.82, 2.24) is 10.6 Å². The molecule has 1 heterocycles. The number of imide groups is 1. The molecule has 2 N–H and O–H groups in total. The molecule has 0 spiro atoms. The lowest BCUT2D eigenvalue weighted by atomic mass is 10.1. The molecule has 1 aromatic carbocycles. The summed E-state index contributed by atoms with van der Waals surface area (Å²) >= 11 is 1.48. The van der Waals surface area contributed by atoms with Crippen molar-refractivity contribution in [1.29, 1.82) is 0 Å². The van der Waals surface area contributed by atoms with Gasteiger partial charge in [-0.15, -0.1) is 11.8 Å². The van der Waals surface area contributed by atoms with Gasteiger partial charge < -0.3 is 10.2 Å². The summed E-state index contributed by atoms with van der Waals surface area (Å²) in [7, 11) is 1.37. The molecule has 0 aromatic heterocycles. The second-order valence-electron chi connectivity index (χ2n) is 5.45. The highest BCUT2D eigenvalue weighted by molar-refractivity contribution is 8.00. The predicted molar refractivity (Wildman–Crippen MR) is 86.2 cm³/mol. The fourth-order valence-corrected chi connectivity index (χ4v) is 3.45. The number of rotatable bonds is 2. The van der Waals surface area contributed by atoms with Crippen molar-refractivity contribution < 1.29 is 22.8 Å². The van der Waals surface area contributed by atoms with Crippen LogP contribution in [-0.4, -0.2) is 37.3 Å². The Morgan fingerprint density at radius 1 is 1.38 bits per heavy atom. The van der Waals surface area contributed by atoms with Gasteiger partial charge in [-0.3, -0.25) is 10.1 Å². The molecule has 0 fully saturated rings. The van der Waals surface area contributed by atoms with E-state index in [0.29, 0.717) is 23.5 Å². The van der Waals surface area contributed by atoms with Crippen molar-refractivity contribution in [3.05, 3.63) is 23.8 Å². The lowest BCUT2D eigenvalue weighted by Gasteiger charge is -2.24. The predicted octanol–water partition coefficient (Wildman–Crippen LogP) is 2.85. The molecule has 0 aliphatic carbocycles. The lowest BCUT2D eigenvalue weighted by molar-refractivity contribution is -0.137. The Kier molecular flexibility index (Phi) is 5.63. The van der Waals surface area contributed by atoms with Crippen LogP contribution < -0.4 is 15.5 Å². The minimum atomic E-state index is -4.45. The van der Waals surface area contributed by atoms with Crippen LogP contribution in [0, 0.1) is 0 Å². The first-order valence-corrected chi connectivity index (χ1v) is 8.23. The van der Waals surface area contributed by atoms with Crippen LogP contribution in [0.4, 0.5) is 23.7 Å². The standard InChI is InChI=1S/C15H18F3N3O2S/c1-9-5-6-21(8-13(22)20-14(23)19-2)11-7-10(15(16,17)18)3-4-12(11)24-9/h3-4,7,9H,5-6,8H2,1-2H3,(H2,19,20,22,23)/t9-/m0/s1. The molecular formula is C15H18F3N3O2S. The molecule has 2 rings (SSSR count). The van der Waals surface area contributed by atoms with Crippen LogP contribution in [0.25, 0.3) is 0 Å². The summed E-state index contributed by atoms with van der Waals surface area (Å²) in [5.41, 5.74) is -0.389. The van der Waals surface area contributed by atoms with Crippen LogP contribution >= 0.6 is 11.8 Å². The first kappa shape index (κ1) is 18.4. The van der Waals surface area contributed by atoms with Gasteiger partial charge in [-0.25, -0.2) is 4.79 Å². The Bertz CT molecular complexity index is 637. The van der Waals surface area contributed by atoms with Crippen molar-refractivity contribution in [2.45, 2.75) is 29.7 Å². The van der Waals surface area contributed by atoms with Gasteiger partial charge in [-0.05, 0) is 24.6 Å². The van der Waals surface area contributed by atoms with Crippen LogP contribution in [0.2, 0.25) is 0 Å². The molecule has 1 aliphatic heterocycles. The molecule has 0 bridgehead atoms. The van der Waals surface area contributed by atoms with Gasteiger partial charge in [0.1, 0.15) is 0 Å². The summed E-state index contributed by atoms with van der Waals surface area (Å²) in [5, 5.41) is 4.60. The van der Waals surface area contributed by atoms with Crippen LogP contribution in [-0.2, 0) is 11.0 Å². The van der Waals surface area contributed by atoms with Gasteiger partial charge in [0, 0.05) is 23.7 Å². The van der Waals surface area contributed by atoms with Crippen LogP contribution in [0.1, 0.15) is 18.9 Å². The third-order valence-electron chi connectivity index (χ3n) is 3.58. The Morgan fingerprint density at radius 2 is 2.08 bits per heavy atom. The van der Waals surface area contributed by atoms with E-state index in [9.17, 15) is 22.8 Å². The van der Waals surface area contributed by atoms with E-state index in [1.807, 2.05) is 6.92 Å². The van der Waals surface area contributed by atoms with Gasteiger partial charge in [0.15, 0.2) is 0 Å². The lowest BCUT2D eigenvalue weighted by Crippen LogP contribution is -2.44. The van der Waals surface area contributed by atoms with E-state index in [2.05, 4.69) is 10.6 Å². The molecule has 1 aromatic rings. The Hall–Kier alpha value is -1.90. The largest absolute Gasteiger partial charge is 0.416 e. The molecule has 0 unspecified atom stereocenters. The molecule has 0 saturated heterocycles. The molecular weight excluding hydrogens is 343 g/mol. The third kappa shape index (κ3) is 4.56. The average Bonchev–Trinajstić information content (AvgIpc) is 2.65. The Balaban J connectivity index is 2.29. The monoisotopic (exact) mass is 361 g/mol. The summed E-state index contributed by atoms with van der Waals surface area (Å²) in [6.07, 6.45) is -3.73. The number of fused-ring (bicyclic) bond motifs is 1. The second-order valence-corrected chi connectivity index (χ2v) is 6.93. The minimum Gasteiger partial charge on any atom is -0.361 e. The minimum absolute atomic E-state index is 0.186. The summed E-state index contributed by atoms with van der Waals surface area (Å²) < 4.78 is 39.0. The quantitative estimate of drug-likeness (QED) is 0.850. The number of nitrogens with one attached hydrogen (secondary N) is 2. The Morgan fingerprint density at radius 3 is 2.71 bits per heavy atom. The number of anilines is 1.